The van der Waals surface area contributed by atoms with Gasteiger partial charge in [-0.25, -0.2) is 0 Å². The molecule has 6 heteroatoms. The highest BCUT2D eigenvalue weighted by Gasteiger charge is 2.38. The second kappa shape index (κ2) is 13.6. The molecule has 2 amide bonds. The van der Waals surface area contributed by atoms with E-state index in [4.69, 9.17) is 4.99 Å². The van der Waals surface area contributed by atoms with Crippen LogP contribution in [-0.4, -0.2) is 34.9 Å². The van der Waals surface area contributed by atoms with Crippen LogP contribution in [-0.2, 0) is 16.1 Å². The number of benzene rings is 2. The van der Waals surface area contributed by atoms with Crippen LogP contribution in [0.4, 0.5) is 5.69 Å². The molecule has 3 aliphatic rings. The number of carbonyl (C=O) groups excluding carboxylic acids is 2. The van der Waals surface area contributed by atoms with Gasteiger partial charge < -0.3 is 15.3 Å². The zero-order valence-electron chi connectivity index (χ0n) is 23.9. The minimum Gasteiger partial charge on any atom is -0.392 e. The average Bonchev–Trinajstić information content (AvgIpc) is 3.83. The third-order valence-electron chi connectivity index (χ3n) is 8.88. The Morgan fingerprint density at radius 2 is 1.70 bits per heavy atom. The van der Waals surface area contributed by atoms with Crippen molar-refractivity contribution in [2.24, 2.45) is 22.7 Å². The number of para-hydroxylation sites is 1. The number of aliphatic hydroxyl groups is 1. The van der Waals surface area contributed by atoms with E-state index in [2.05, 4.69) is 18.3 Å². The molecule has 0 saturated heterocycles. The van der Waals surface area contributed by atoms with E-state index in [0.29, 0.717) is 25.3 Å². The number of unbranched alkanes of at least 4 members (excludes halogenated alkanes) is 1. The third kappa shape index (κ3) is 7.01. The Labute approximate surface area is 239 Å². The summed E-state index contributed by atoms with van der Waals surface area (Å²) in [5.74, 6) is -0.243. The van der Waals surface area contributed by atoms with Crippen LogP contribution >= 0.6 is 0 Å². The molecule has 3 atom stereocenters. The average molecular weight is 544 g/mol. The first-order chi connectivity index (χ1) is 19.5. The molecule has 2 N–H and O–H groups in total. The fourth-order valence-electron chi connectivity index (χ4n) is 6.36. The van der Waals surface area contributed by atoms with Crippen LogP contribution in [0.2, 0.25) is 0 Å². The smallest absolute Gasteiger partial charge is 0.272 e. The fourth-order valence-corrected chi connectivity index (χ4v) is 6.36. The van der Waals surface area contributed by atoms with E-state index in [1.807, 2.05) is 48.5 Å². The topological polar surface area (TPSA) is 82.0 Å². The van der Waals surface area contributed by atoms with E-state index in [0.717, 1.165) is 73.9 Å². The van der Waals surface area contributed by atoms with Crippen LogP contribution in [0.3, 0.4) is 0 Å². The molecule has 0 radical (unpaired) electrons. The van der Waals surface area contributed by atoms with Gasteiger partial charge in [-0.05, 0) is 43.2 Å². The van der Waals surface area contributed by atoms with Crippen LogP contribution in [0.1, 0.15) is 95.1 Å². The number of benzodiazepines with no additional fused rings is 1. The number of anilines is 1. The molecule has 40 heavy (non-hydrogen) atoms. The molecule has 2 aliphatic carbocycles. The number of hydrogen-bond acceptors (Lipinski definition) is 4. The Morgan fingerprint density at radius 1 is 1.00 bits per heavy atom. The fraction of sp³-hybridized carbons (Fsp3) is 0.559. The Morgan fingerprint density at radius 3 is 2.40 bits per heavy atom. The molecule has 2 fully saturated rings. The van der Waals surface area contributed by atoms with Gasteiger partial charge in [0.1, 0.15) is 0 Å². The highest BCUT2D eigenvalue weighted by atomic mass is 16.3. The number of aliphatic imine (C=N–C) groups is 1. The second-order valence-corrected chi connectivity index (χ2v) is 12.0. The van der Waals surface area contributed by atoms with Gasteiger partial charge in [0.2, 0.25) is 12.1 Å². The van der Waals surface area contributed by atoms with Gasteiger partial charge in [-0.2, -0.15) is 0 Å². The van der Waals surface area contributed by atoms with Gasteiger partial charge in [0.15, 0.2) is 0 Å². The molecule has 1 aliphatic heterocycles. The minimum absolute atomic E-state index is 0.221. The first kappa shape index (κ1) is 28.5. The predicted octanol–water partition coefficient (Wildman–Crippen LogP) is 6.40. The zero-order valence-corrected chi connectivity index (χ0v) is 23.9. The summed E-state index contributed by atoms with van der Waals surface area (Å²) in [6, 6.07) is 18.1. The Kier molecular flexibility index (Phi) is 9.69. The molecule has 2 saturated carbocycles. The van der Waals surface area contributed by atoms with E-state index in [-0.39, 0.29) is 17.7 Å². The summed E-state index contributed by atoms with van der Waals surface area (Å²) in [6.45, 7) is 2.50. The zero-order chi connectivity index (χ0) is 27.9. The number of rotatable bonds is 11. The van der Waals surface area contributed by atoms with Gasteiger partial charge >= 0.3 is 0 Å². The standard InChI is InChI=1S/C34H45N3O3/c1-2-3-19-30(38)28(22-24-20-21-24)33(39)36-32-34(40)37(23-25-13-7-6-8-14-25)29-18-12-11-17-27(29)31(35-32)26-15-9-4-5-10-16-26/h6-8,11-14,17-18,24,26,28,30,32,38H,2-5,9-10,15-16,19-23H2,1H3,(H,36,39). The lowest BCUT2D eigenvalue weighted by molar-refractivity contribution is -0.133. The van der Waals surface area contributed by atoms with Crippen molar-refractivity contribution in [3.05, 3.63) is 65.7 Å². The number of aliphatic hydroxyl groups excluding tert-OH is 1. The SMILES string of the molecule is CCCCC(O)C(CC1CC1)C(=O)NC1N=C(C2CCCCCC2)c2ccccc2N(Cc2ccccc2)C1=O. The van der Waals surface area contributed by atoms with E-state index < -0.39 is 18.2 Å². The normalized spacial score (nSPS) is 21.6. The Bertz CT molecular complexity index is 1170. The van der Waals surface area contributed by atoms with Gasteiger partial charge in [0.05, 0.1) is 30.0 Å². The van der Waals surface area contributed by atoms with Crippen molar-refractivity contribution < 1.29 is 14.7 Å². The van der Waals surface area contributed by atoms with Gasteiger partial charge in [-0.3, -0.25) is 14.6 Å². The van der Waals surface area contributed by atoms with Crippen molar-refractivity contribution in [2.75, 3.05) is 4.90 Å². The number of nitrogens with zero attached hydrogens (tertiary/aromatic N) is 2. The Hall–Kier alpha value is -2.99. The van der Waals surface area contributed by atoms with Crippen LogP contribution in [0.15, 0.2) is 59.6 Å². The molecule has 0 spiro atoms. The van der Waals surface area contributed by atoms with Crippen molar-refractivity contribution in [1.29, 1.82) is 0 Å². The van der Waals surface area contributed by atoms with Crippen LogP contribution in [0, 0.1) is 17.8 Å². The number of nitrogens with one attached hydrogen (secondary N) is 1. The number of hydrogen-bond donors (Lipinski definition) is 2. The van der Waals surface area contributed by atoms with E-state index >= 15 is 0 Å². The highest BCUT2D eigenvalue weighted by Crippen LogP contribution is 2.38. The quantitative estimate of drug-likeness (QED) is 0.322. The Balaban J connectivity index is 1.50. The predicted molar refractivity (Wildman–Crippen MR) is 160 cm³/mol. The number of amides is 2. The maximum Gasteiger partial charge on any atom is 0.272 e. The van der Waals surface area contributed by atoms with Gasteiger partial charge in [0.25, 0.3) is 5.91 Å². The molecule has 6 nitrogen and oxygen atoms in total. The van der Waals surface area contributed by atoms with E-state index in [1.165, 1.54) is 12.8 Å². The summed E-state index contributed by atoms with van der Waals surface area (Å²) in [6.07, 6.45) is 10.5. The molecule has 1 heterocycles. The van der Waals surface area contributed by atoms with Crippen LogP contribution in [0.5, 0.6) is 0 Å². The van der Waals surface area contributed by atoms with Crippen molar-refractivity contribution in [3.63, 3.8) is 0 Å². The third-order valence-corrected chi connectivity index (χ3v) is 8.88. The van der Waals surface area contributed by atoms with Crippen molar-refractivity contribution in [1.82, 2.24) is 5.32 Å². The monoisotopic (exact) mass is 543 g/mol. The minimum atomic E-state index is -1.01. The first-order valence-electron chi connectivity index (χ1n) is 15.6. The molecule has 2 aromatic rings. The number of carbonyl (C=O) groups is 2. The van der Waals surface area contributed by atoms with Crippen LogP contribution in [0.25, 0.3) is 0 Å². The molecule has 2 aromatic carbocycles. The van der Waals surface area contributed by atoms with Crippen molar-refractivity contribution in [3.8, 4) is 0 Å². The molecule has 214 valence electrons. The number of fused-ring (bicyclic) bond motifs is 1. The molecule has 5 rings (SSSR count). The maximum absolute atomic E-state index is 14.3. The summed E-state index contributed by atoms with van der Waals surface area (Å²) >= 11 is 0. The second-order valence-electron chi connectivity index (χ2n) is 12.0. The summed E-state index contributed by atoms with van der Waals surface area (Å²) in [4.78, 5) is 35.0. The summed E-state index contributed by atoms with van der Waals surface area (Å²) < 4.78 is 0. The largest absolute Gasteiger partial charge is 0.392 e. The molecule has 0 bridgehead atoms. The summed E-state index contributed by atoms with van der Waals surface area (Å²) in [5.41, 5.74) is 3.81. The summed E-state index contributed by atoms with van der Waals surface area (Å²) in [5, 5.41) is 14.1. The lowest BCUT2D eigenvalue weighted by Crippen LogP contribution is -2.50. The molecule has 0 aromatic heterocycles. The lowest BCUT2D eigenvalue weighted by Gasteiger charge is -2.27. The van der Waals surface area contributed by atoms with Gasteiger partial charge in [-0.1, -0.05) is 107 Å². The first-order valence-corrected chi connectivity index (χ1v) is 15.6. The molecule has 3 unspecified atom stereocenters. The summed E-state index contributed by atoms with van der Waals surface area (Å²) in [7, 11) is 0. The van der Waals surface area contributed by atoms with Crippen molar-refractivity contribution >= 4 is 23.2 Å². The molecular weight excluding hydrogens is 498 g/mol. The van der Waals surface area contributed by atoms with E-state index in [1.54, 1.807) is 4.90 Å². The van der Waals surface area contributed by atoms with Gasteiger partial charge in [0, 0.05) is 11.5 Å². The van der Waals surface area contributed by atoms with E-state index in [9.17, 15) is 14.7 Å². The lowest BCUT2D eigenvalue weighted by atomic mass is 9.89. The molecular formula is C34H45N3O3. The highest BCUT2D eigenvalue weighted by molar-refractivity contribution is 6.14. The van der Waals surface area contributed by atoms with Crippen molar-refractivity contribution in [2.45, 2.75) is 103 Å². The van der Waals surface area contributed by atoms with Crippen LogP contribution < -0.4 is 10.2 Å². The van der Waals surface area contributed by atoms with Gasteiger partial charge in [-0.15, -0.1) is 0 Å². The maximum atomic E-state index is 14.3.